The van der Waals surface area contributed by atoms with Crippen molar-refractivity contribution in [1.29, 1.82) is 0 Å². The second kappa shape index (κ2) is 5.33. The second-order valence-corrected chi connectivity index (χ2v) is 5.01. The standard InChI is InChI=1S/C18H17NO/c1-13-7-6-10-16(11-13)14(2)17-12-19-18(20-17)15-8-4-3-5-9-15/h3-11,17H,2,12H2,1H3. The van der Waals surface area contributed by atoms with Crippen LogP contribution in [0.2, 0.25) is 0 Å². The fourth-order valence-corrected chi connectivity index (χ4v) is 2.33. The van der Waals surface area contributed by atoms with Gasteiger partial charge in [-0.3, -0.25) is 0 Å². The normalized spacial score (nSPS) is 17.4. The summed E-state index contributed by atoms with van der Waals surface area (Å²) in [6.07, 6.45) is -0.0630. The zero-order chi connectivity index (χ0) is 13.9. The van der Waals surface area contributed by atoms with Gasteiger partial charge in [-0.2, -0.15) is 0 Å². The molecule has 2 heteroatoms. The van der Waals surface area contributed by atoms with Gasteiger partial charge in [0.05, 0.1) is 6.54 Å². The lowest BCUT2D eigenvalue weighted by Crippen LogP contribution is -2.15. The molecule has 1 aliphatic rings. The van der Waals surface area contributed by atoms with Crippen LogP contribution in [0, 0.1) is 6.92 Å². The topological polar surface area (TPSA) is 21.6 Å². The maximum Gasteiger partial charge on any atom is 0.216 e. The van der Waals surface area contributed by atoms with Gasteiger partial charge in [0.25, 0.3) is 0 Å². The molecule has 0 spiro atoms. The minimum atomic E-state index is -0.0630. The van der Waals surface area contributed by atoms with Crippen LogP contribution in [0.3, 0.4) is 0 Å². The zero-order valence-corrected chi connectivity index (χ0v) is 11.5. The Balaban J connectivity index is 1.75. The van der Waals surface area contributed by atoms with Gasteiger partial charge in [-0.15, -0.1) is 0 Å². The summed E-state index contributed by atoms with van der Waals surface area (Å²) < 4.78 is 5.95. The first kappa shape index (κ1) is 12.7. The van der Waals surface area contributed by atoms with Crippen LogP contribution in [-0.2, 0) is 4.74 Å². The number of ether oxygens (including phenoxy) is 1. The molecule has 0 saturated carbocycles. The van der Waals surface area contributed by atoms with E-state index in [0.29, 0.717) is 12.4 Å². The summed E-state index contributed by atoms with van der Waals surface area (Å²) in [5, 5.41) is 0. The van der Waals surface area contributed by atoms with Crippen molar-refractivity contribution in [2.24, 2.45) is 4.99 Å². The highest BCUT2D eigenvalue weighted by Gasteiger charge is 2.24. The molecule has 0 bridgehead atoms. The van der Waals surface area contributed by atoms with Gasteiger partial charge in [-0.25, -0.2) is 4.99 Å². The van der Waals surface area contributed by atoms with Gasteiger partial charge in [-0.1, -0.05) is 54.6 Å². The van der Waals surface area contributed by atoms with Crippen LogP contribution in [0.1, 0.15) is 16.7 Å². The summed E-state index contributed by atoms with van der Waals surface area (Å²) in [5.41, 5.74) is 4.36. The maximum absolute atomic E-state index is 5.95. The highest BCUT2D eigenvalue weighted by molar-refractivity contribution is 5.96. The van der Waals surface area contributed by atoms with E-state index in [2.05, 4.69) is 36.7 Å². The number of hydrogen-bond acceptors (Lipinski definition) is 2. The predicted molar refractivity (Wildman–Crippen MR) is 82.9 cm³/mol. The minimum Gasteiger partial charge on any atom is -0.467 e. The molecule has 0 amide bonds. The van der Waals surface area contributed by atoms with Crippen molar-refractivity contribution in [3.8, 4) is 0 Å². The number of nitrogens with zero attached hydrogens (tertiary/aromatic N) is 1. The van der Waals surface area contributed by atoms with E-state index in [0.717, 1.165) is 16.7 Å². The summed E-state index contributed by atoms with van der Waals surface area (Å²) in [5.74, 6) is 0.712. The molecule has 0 saturated heterocycles. The smallest absolute Gasteiger partial charge is 0.216 e. The van der Waals surface area contributed by atoms with Gasteiger partial charge in [-0.05, 0) is 30.2 Å². The largest absolute Gasteiger partial charge is 0.467 e. The molecule has 0 aromatic heterocycles. The average Bonchev–Trinajstić information content (AvgIpc) is 2.97. The quantitative estimate of drug-likeness (QED) is 0.824. The molecule has 2 aromatic rings. The summed E-state index contributed by atoms with van der Waals surface area (Å²) >= 11 is 0. The third-order valence-electron chi connectivity index (χ3n) is 3.45. The van der Waals surface area contributed by atoms with E-state index in [-0.39, 0.29) is 6.10 Å². The molecular formula is C18H17NO. The molecule has 2 aromatic carbocycles. The summed E-state index contributed by atoms with van der Waals surface area (Å²) in [7, 11) is 0. The lowest BCUT2D eigenvalue weighted by Gasteiger charge is -2.15. The molecule has 100 valence electrons. The van der Waals surface area contributed by atoms with Crippen LogP contribution in [0.15, 0.2) is 66.2 Å². The van der Waals surface area contributed by atoms with E-state index < -0.39 is 0 Å². The van der Waals surface area contributed by atoms with Crippen LogP contribution < -0.4 is 0 Å². The first-order valence-electron chi connectivity index (χ1n) is 6.76. The van der Waals surface area contributed by atoms with Crippen LogP contribution in [-0.4, -0.2) is 18.5 Å². The van der Waals surface area contributed by atoms with Crippen molar-refractivity contribution in [3.05, 3.63) is 77.9 Å². The van der Waals surface area contributed by atoms with Gasteiger partial charge in [0.15, 0.2) is 0 Å². The molecule has 1 heterocycles. The van der Waals surface area contributed by atoms with Crippen molar-refractivity contribution in [1.82, 2.24) is 0 Å². The first-order valence-corrected chi connectivity index (χ1v) is 6.76. The number of hydrogen-bond donors (Lipinski definition) is 0. The molecule has 20 heavy (non-hydrogen) atoms. The summed E-state index contributed by atoms with van der Waals surface area (Å²) in [6, 6.07) is 18.3. The highest BCUT2D eigenvalue weighted by Crippen LogP contribution is 2.24. The van der Waals surface area contributed by atoms with Crippen molar-refractivity contribution >= 4 is 11.5 Å². The average molecular weight is 263 g/mol. The van der Waals surface area contributed by atoms with Gasteiger partial charge >= 0.3 is 0 Å². The predicted octanol–water partition coefficient (Wildman–Crippen LogP) is 3.85. The van der Waals surface area contributed by atoms with Crippen LogP contribution in [0.4, 0.5) is 0 Å². The van der Waals surface area contributed by atoms with E-state index >= 15 is 0 Å². The van der Waals surface area contributed by atoms with Gasteiger partial charge in [0.2, 0.25) is 5.90 Å². The molecule has 0 N–H and O–H groups in total. The maximum atomic E-state index is 5.95. The van der Waals surface area contributed by atoms with Crippen molar-refractivity contribution < 1.29 is 4.74 Å². The number of rotatable bonds is 3. The van der Waals surface area contributed by atoms with Gasteiger partial charge in [0, 0.05) is 5.56 Å². The van der Waals surface area contributed by atoms with Crippen molar-refractivity contribution in [2.45, 2.75) is 13.0 Å². The van der Waals surface area contributed by atoms with E-state index in [1.54, 1.807) is 0 Å². The zero-order valence-electron chi connectivity index (χ0n) is 11.5. The Kier molecular flexibility index (Phi) is 3.38. The Bertz CT molecular complexity index is 658. The molecular weight excluding hydrogens is 246 g/mol. The van der Waals surface area contributed by atoms with E-state index in [9.17, 15) is 0 Å². The fraction of sp³-hybridized carbons (Fsp3) is 0.167. The molecule has 1 aliphatic heterocycles. The molecule has 1 unspecified atom stereocenters. The Morgan fingerprint density at radius 3 is 2.70 bits per heavy atom. The Labute approximate surface area is 119 Å². The third kappa shape index (κ3) is 2.50. The molecule has 1 atom stereocenters. The molecule has 2 nitrogen and oxygen atoms in total. The summed E-state index contributed by atoms with van der Waals surface area (Å²) in [4.78, 5) is 4.49. The monoisotopic (exact) mass is 263 g/mol. The SMILES string of the molecule is C=C(c1cccc(C)c1)C1CN=C(c2ccccc2)O1. The number of benzene rings is 2. The molecule has 0 aliphatic carbocycles. The Morgan fingerprint density at radius 2 is 1.95 bits per heavy atom. The summed E-state index contributed by atoms with van der Waals surface area (Å²) in [6.45, 7) is 6.90. The third-order valence-corrected chi connectivity index (χ3v) is 3.45. The van der Waals surface area contributed by atoms with Gasteiger partial charge < -0.3 is 4.74 Å². The van der Waals surface area contributed by atoms with Crippen molar-refractivity contribution in [2.75, 3.05) is 6.54 Å². The molecule has 0 radical (unpaired) electrons. The second-order valence-electron chi connectivity index (χ2n) is 5.01. The molecule has 0 fully saturated rings. The van der Waals surface area contributed by atoms with Gasteiger partial charge in [0.1, 0.15) is 6.10 Å². The Morgan fingerprint density at radius 1 is 1.15 bits per heavy atom. The van der Waals surface area contributed by atoms with E-state index in [1.165, 1.54) is 5.56 Å². The first-order chi connectivity index (χ1) is 9.74. The van der Waals surface area contributed by atoms with E-state index in [4.69, 9.17) is 4.74 Å². The highest BCUT2D eigenvalue weighted by atomic mass is 16.5. The lowest BCUT2D eigenvalue weighted by molar-refractivity contribution is 0.284. The molecule has 3 rings (SSSR count). The van der Waals surface area contributed by atoms with Crippen molar-refractivity contribution in [3.63, 3.8) is 0 Å². The van der Waals surface area contributed by atoms with Crippen LogP contribution >= 0.6 is 0 Å². The van der Waals surface area contributed by atoms with Crippen LogP contribution in [0.5, 0.6) is 0 Å². The fourth-order valence-electron chi connectivity index (χ4n) is 2.33. The minimum absolute atomic E-state index is 0.0630. The Hall–Kier alpha value is -2.35. The number of aliphatic imine (C=N–C) groups is 1. The van der Waals surface area contributed by atoms with E-state index in [1.807, 2.05) is 36.4 Å². The lowest BCUT2D eigenvalue weighted by atomic mass is 10.0. The number of aryl methyl sites for hydroxylation is 1. The van der Waals surface area contributed by atoms with Crippen LogP contribution in [0.25, 0.3) is 5.57 Å².